The van der Waals surface area contributed by atoms with Crippen molar-refractivity contribution in [1.82, 2.24) is 9.55 Å². The second-order valence-corrected chi connectivity index (χ2v) is 4.93. The molecule has 0 spiro atoms. The molecule has 0 saturated heterocycles. The SMILES string of the molecule is O=C(CC(c1ccccc1)n1ccnc1)c1ccccc1. The standard InChI is InChI=1S/C18H16N2O/c21-18(16-9-5-2-6-10-16)13-17(20-12-11-19-14-20)15-7-3-1-4-8-15/h1-12,14,17H,13H2. The summed E-state index contributed by atoms with van der Waals surface area (Å²) in [5, 5.41) is 0. The third-order valence-electron chi connectivity index (χ3n) is 3.54. The van der Waals surface area contributed by atoms with Crippen molar-refractivity contribution in [2.24, 2.45) is 0 Å². The average molecular weight is 276 g/mol. The van der Waals surface area contributed by atoms with Gasteiger partial charge in [0.25, 0.3) is 0 Å². The molecular weight excluding hydrogens is 260 g/mol. The average Bonchev–Trinajstić information content (AvgIpc) is 3.08. The van der Waals surface area contributed by atoms with E-state index in [9.17, 15) is 4.79 Å². The zero-order valence-electron chi connectivity index (χ0n) is 11.6. The Bertz CT molecular complexity index is 691. The molecule has 1 unspecified atom stereocenters. The van der Waals surface area contributed by atoms with E-state index in [1.54, 1.807) is 12.5 Å². The van der Waals surface area contributed by atoms with Crippen molar-refractivity contribution in [3.63, 3.8) is 0 Å². The molecule has 3 rings (SSSR count). The predicted molar refractivity (Wildman–Crippen MR) is 82.2 cm³/mol. The van der Waals surface area contributed by atoms with Crippen LogP contribution in [-0.4, -0.2) is 15.3 Å². The van der Waals surface area contributed by atoms with Gasteiger partial charge in [-0.1, -0.05) is 60.7 Å². The second-order valence-electron chi connectivity index (χ2n) is 4.93. The van der Waals surface area contributed by atoms with Crippen molar-refractivity contribution in [3.05, 3.63) is 90.5 Å². The summed E-state index contributed by atoms with van der Waals surface area (Å²) in [5.74, 6) is 0.137. The Hall–Kier alpha value is -2.68. The van der Waals surface area contributed by atoms with E-state index in [1.165, 1.54) is 0 Å². The number of rotatable bonds is 5. The van der Waals surface area contributed by atoms with Crippen molar-refractivity contribution in [3.8, 4) is 0 Å². The van der Waals surface area contributed by atoms with E-state index in [0.717, 1.165) is 11.1 Å². The first kappa shape index (κ1) is 13.3. The van der Waals surface area contributed by atoms with Gasteiger partial charge in [-0.15, -0.1) is 0 Å². The summed E-state index contributed by atoms with van der Waals surface area (Å²) in [6.45, 7) is 0. The maximum atomic E-state index is 12.5. The summed E-state index contributed by atoms with van der Waals surface area (Å²) < 4.78 is 1.98. The summed E-state index contributed by atoms with van der Waals surface area (Å²) in [6, 6.07) is 19.4. The molecule has 0 fully saturated rings. The smallest absolute Gasteiger partial charge is 0.165 e. The number of imidazole rings is 1. The maximum Gasteiger partial charge on any atom is 0.165 e. The number of ketones is 1. The van der Waals surface area contributed by atoms with Gasteiger partial charge >= 0.3 is 0 Å². The van der Waals surface area contributed by atoms with Crippen molar-refractivity contribution >= 4 is 5.78 Å². The van der Waals surface area contributed by atoms with Crippen LogP contribution < -0.4 is 0 Å². The van der Waals surface area contributed by atoms with Crippen molar-refractivity contribution in [2.75, 3.05) is 0 Å². The summed E-state index contributed by atoms with van der Waals surface area (Å²) in [7, 11) is 0. The van der Waals surface area contributed by atoms with Crippen LogP contribution in [0.3, 0.4) is 0 Å². The highest BCUT2D eigenvalue weighted by molar-refractivity contribution is 5.96. The fourth-order valence-electron chi connectivity index (χ4n) is 2.44. The van der Waals surface area contributed by atoms with Crippen LogP contribution in [0, 0.1) is 0 Å². The molecule has 0 aliphatic heterocycles. The first-order valence-corrected chi connectivity index (χ1v) is 6.95. The number of nitrogens with zero attached hydrogens (tertiary/aromatic N) is 2. The van der Waals surface area contributed by atoms with E-state index >= 15 is 0 Å². The van der Waals surface area contributed by atoms with Crippen LogP contribution in [0.15, 0.2) is 79.4 Å². The van der Waals surface area contributed by atoms with Gasteiger partial charge in [-0.3, -0.25) is 4.79 Å². The predicted octanol–water partition coefficient (Wildman–Crippen LogP) is 3.75. The van der Waals surface area contributed by atoms with Gasteiger partial charge in [-0.2, -0.15) is 0 Å². The molecule has 0 amide bonds. The topological polar surface area (TPSA) is 34.9 Å². The lowest BCUT2D eigenvalue weighted by molar-refractivity contribution is 0.0969. The van der Waals surface area contributed by atoms with Crippen LogP contribution >= 0.6 is 0 Å². The number of benzene rings is 2. The summed E-state index contributed by atoms with van der Waals surface area (Å²) in [4.78, 5) is 16.6. The zero-order valence-corrected chi connectivity index (χ0v) is 11.6. The minimum absolute atomic E-state index is 0.0265. The molecule has 0 radical (unpaired) electrons. The van der Waals surface area contributed by atoms with Crippen molar-refractivity contribution in [2.45, 2.75) is 12.5 Å². The molecule has 0 aliphatic carbocycles. The molecule has 3 aromatic rings. The Morgan fingerprint density at radius 2 is 1.67 bits per heavy atom. The summed E-state index contributed by atoms with van der Waals surface area (Å²) >= 11 is 0. The van der Waals surface area contributed by atoms with Crippen molar-refractivity contribution in [1.29, 1.82) is 0 Å². The fraction of sp³-hybridized carbons (Fsp3) is 0.111. The van der Waals surface area contributed by atoms with Crippen LogP contribution in [0.4, 0.5) is 0 Å². The molecule has 1 atom stereocenters. The highest BCUT2D eigenvalue weighted by atomic mass is 16.1. The third kappa shape index (κ3) is 3.08. The minimum atomic E-state index is -0.0265. The quantitative estimate of drug-likeness (QED) is 0.665. The number of carbonyl (C=O) groups is 1. The van der Waals surface area contributed by atoms with Crippen LogP contribution in [0.5, 0.6) is 0 Å². The number of hydrogen-bond donors (Lipinski definition) is 0. The van der Waals surface area contributed by atoms with Gasteiger partial charge in [0.05, 0.1) is 12.4 Å². The van der Waals surface area contributed by atoms with Gasteiger partial charge in [-0.25, -0.2) is 4.98 Å². The molecule has 0 saturated carbocycles. The van der Waals surface area contributed by atoms with Crippen LogP contribution in [0.1, 0.15) is 28.4 Å². The fourth-order valence-corrected chi connectivity index (χ4v) is 2.44. The molecular formula is C18H16N2O. The van der Waals surface area contributed by atoms with E-state index in [4.69, 9.17) is 0 Å². The molecule has 21 heavy (non-hydrogen) atoms. The van der Waals surface area contributed by atoms with Gasteiger partial charge in [0.1, 0.15) is 0 Å². The Labute approximate surface area is 123 Å². The molecule has 1 aromatic heterocycles. The van der Waals surface area contributed by atoms with Gasteiger partial charge < -0.3 is 4.57 Å². The summed E-state index contributed by atoms with van der Waals surface area (Å²) in [6.07, 6.45) is 5.82. The number of carbonyl (C=O) groups excluding carboxylic acids is 1. The lowest BCUT2D eigenvalue weighted by Crippen LogP contribution is -2.14. The Morgan fingerprint density at radius 1 is 1.00 bits per heavy atom. The minimum Gasteiger partial charge on any atom is -0.330 e. The first-order valence-electron chi connectivity index (χ1n) is 6.95. The van der Waals surface area contributed by atoms with E-state index in [2.05, 4.69) is 4.98 Å². The van der Waals surface area contributed by atoms with Gasteiger partial charge in [0.15, 0.2) is 5.78 Å². The van der Waals surface area contributed by atoms with Crippen LogP contribution in [0.25, 0.3) is 0 Å². The van der Waals surface area contributed by atoms with E-state index < -0.39 is 0 Å². The maximum absolute atomic E-state index is 12.5. The highest BCUT2D eigenvalue weighted by Crippen LogP contribution is 2.23. The first-order chi connectivity index (χ1) is 10.3. The van der Waals surface area contributed by atoms with E-state index in [0.29, 0.717) is 6.42 Å². The highest BCUT2D eigenvalue weighted by Gasteiger charge is 2.18. The Kier molecular flexibility index (Phi) is 3.92. The van der Waals surface area contributed by atoms with Gasteiger partial charge in [-0.05, 0) is 5.56 Å². The van der Waals surface area contributed by atoms with Gasteiger partial charge in [0.2, 0.25) is 0 Å². The van der Waals surface area contributed by atoms with Gasteiger partial charge in [0, 0.05) is 24.4 Å². The monoisotopic (exact) mass is 276 g/mol. The molecule has 0 bridgehead atoms. The molecule has 104 valence electrons. The zero-order chi connectivity index (χ0) is 14.5. The summed E-state index contributed by atoms with van der Waals surface area (Å²) in [5.41, 5.74) is 1.86. The molecule has 0 aliphatic rings. The lowest BCUT2D eigenvalue weighted by atomic mass is 9.98. The Morgan fingerprint density at radius 3 is 2.29 bits per heavy atom. The molecule has 3 nitrogen and oxygen atoms in total. The lowest BCUT2D eigenvalue weighted by Gasteiger charge is -2.18. The van der Waals surface area contributed by atoms with Crippen molar-refractivity contribution < 1.29 is 4.79 Å². The molecule has 2 aromatic carbocycles. The third-order valence-corrected chi connectivity index (χ3v) is 3.54. The normalized spacial score (nSPS) is 12.0. The largest absolute Gasteiger partial charge is 0.330 e. The number of aromatic nitrogens is 2. The molecule has 0 N–H and O–H groups in total. The van der Waals surface area contributed by atoms with E-state index in [-0.39, 0.29) is 11.8 Å². The van der Waals surface area contributed by atoms with E-state index in [1.807, 2.05) is 71.4 Å². The van der Waals surface area contributed by atoms with Crippen LogP contribution in [-0.2, 0) is 0 Å². The Balaban J connectivity index is 1.89. The number of Topliss-reactive ketones (excluding diaryl/α,β-unsaturated/α-hetero) is 1. The molecule has 1 heterocycles. The second kappa shape index (κ2) is 6.18. The van der Waals surface area contributed by atoms with Crippen LogP contribution in [0.2, 0.25) is 0 Å². The molecule has 3 heteroatoms. The number of hydrogen-bond acceptors (Lipinski definition) is 2.